The Morgan fingerprint density at radius 1 is 0.933 bits per heavy atom. The van der Waals surface area contributed by atoms with Crippen molar-refractivity contribution in [3.8, 4) is 0 Å². The molecule has 1 aromatic rings. The van der Waals surface area contributed by atoms with Gasteiger partial charge in [0.25, 0.3) is 0 Å². The van der Waals surface area contributed by atoms with Crippen LogP contribution >= 0.6 is 0 Å². The van der Waals surface area contributed by atoms with Crippen molar-refractivity contribution in [2.75, 3.05) is 0 Å². The van der Waals surface area contributed by atoms with Gasteiger partial charge in [0.15, 0.2) is 0 Å². The second kappa shape index (κ2) is 3.87. The van der Waals surface area contributed by atoms with E-state index in [0.717, 1.165) is 18.4 Å². The average Bonchev–Trinajstić information content (AvgIpc) is 2.69. The minimum atomic E-state index is -4.21. The zero-order valence-electron chi connectivity index (χ0n) is 8.35. The van der Waals surface area contributed by atoms with Crippen LogP contribution < -0.4 is 0 Å². The number of halogens is 3. The Bertz CT molecular complexity index is 318. The SMILES string of the molecule is FC(F)(F)c1ccc(C2CCCC2)cc1. The number of benzene rings is 1. The first-order valence-corrected chi connectivity index (χ1v) is 5.24. The third-order valence-corrected chi connectivity index (χ3v) is 3.06. The van der Waals surface area contributed by atoms with E-state index in [2.05, 4.69) is 0 Å². The van der Waals surface area contributed by atoms with Gasteiger partial charge in [0.2, 0.25) is 0 Å². The van der Waals surface area contributed by atoms with Crippen molar-refractivity contribution >= 4 is 0 Å². The highest BCUT2D eigenvalue weighted by Gasteiger charge is 2.30. The van der Waals surface area contributed by atoms with E-state index in [1.54, 1.807) is 12.1 Å². The highest BCUT2D eigenvalue weighted by atomic mass is 19.4. The molecule has 0 spiro atoms. The Balaban J connectivity index is 2.16. The number of rotatable bonds is 1. The van der Waals surface area contributed by atoms with Gasteiger partial charge in [-0.25, -0.2) is 0 Å². The molecule has 0 atom stereocenters. The van der Waals surface area contributed by atoms with Gasteiger partial charge in [-0.3, -0.25) is 0 Å². The lowest BCUT2D eigenvalue weighted by molar-refractivity contribution is -0.137. The largest absolute Gasteiger partial charge is 0.416 e. The van der Waals surface area contributed by atoms with E-state index in [1.807, 2.05) is 0 Å². The molecule has 82 valence electrons. The fourth-order valence-corrected chi connectivity index (χ4v) is 2.20. The normalized spacial score (nSPS) is 18.3. The molecule has 2 rings (SSSR count). The van der Waals surface area contributed by atoms with Gasteiger partial charge < -0.3 is 0 Å². The van der Waals surface area contributed by atoms with E-state index in [1.165, 1.54) is 25.0 Å². The van der Waals surface area contributed by atoms with E-state index in [-0.39, 0.29) is 0 Å². The maximum atomic E-state index is 12.3. The minimum absolute atomic E-state index is 0.479. The molecule has 1 aliphatic carbocycles. The van der Waals surface area contributed by atoms with Crippen molar-refractivity contribution < 1.29 is 13.2 Å². The van der Waals surface area contributed by atoms with Crippen molar-refractivity contribution in [1.82, 2.24) is 0 Å². The topological polar surface area (TPSA) is 0 Å². The van der Waals surface area contributed by atoms with Crippen LogP contribution in [-0.4, -0.2) is 0 Å². The molecular weight excluding hydrogens is 201 g/mol. The first kappa shape index (κ1) is 10.5. The highest BCUT2D eigenvalue weighted by molar-refractivity contribution is 5.27. The Hall–Kier alpha value is -0.990. The van der Waals surface area contributed by atoms with Gasteiger partial charge in [0.05, 0.1) is 5.56 Å². The summed E-state index contributed by atoms with van der Waals surface area (Å²) in [6.07, 6.45) is 0.419. The number of hydrogen-bond acceptors (Lipinski definition) is 0. The molecule has 1 aromatic carbocycles. The molecule has 0 N–H and O–H groups in total. The van der Waals surface area contributed by atoms with Gasteiger partial charge in [-0.05, 0) is 36.5 Å². The number of hydrogen-bond donors (Lipinski definition) is 0. The second-order valence-electron chi connectivity index (χ2n) is 4.10. The molecule has 0 heterocycles. The lowest BCUT2D eigenvalue weighted by Crippen LogP contribution is -2.04. The Labute approximate surface area is 87.1 Å². The van der Waals surface area contributed by atoms with Gasteiger partial charge >= 0.3 is 6.18 Å². The Morgan fingerprint density at radius 2 is 1.47 bits per heavy atom. The predicted octanol–water partition coefficient (Wildman–Crippen LogP) is 4.36. The molecule has 0 aromatic heterocycles. The van der Waals surface area contributed by atoms with Gasteiger partial charge in [-0.15, -0.1) is 0 Å². The number of alkyl halides is 3. The smallest absolute Gasteiger partial charge is 0.166 e. The average molecular weight is 214 g/mol. The monoisotopic (exact) mass is 214 g/mol. The maximum absolute atomic E-state index is 12.3. The van der Waals surface area contributed by atoms with Crippen molar-refractivity contribution in [1.29, 1.82) is 0 Å². The Kier molecular flexibility index (Phi) is 2.72. The molecule has 3 heteroatoms. The van der Waals surface area contributed by atoms with Gasteiger partial charge in [-0.1, -0.05) is 25.0 Å². The molecule has 0 amide bonds. The molecule has 15 heavy (non-hydrogen) atoms. The van der Waals surface area contributed by atoms with E-state index in [4.69, 9.17) is 0 Å². The Morgan fingerprint density at radius 3 is 1.93 bits per heavy atom. The summed E-state index contributed by atoms with van der Waals surface area (Å²) in [5.41, 5.74) is 0.504. The quantitative estimate of drug-likeness (QED) is 0.651. The summed E-state index contributed by atoms with van der Waals surface area (Å²) < 4.78 is 36.9. The second-order valence-corrected chi connectivity index (χ2v) is 4.10. The zero-order valence-corrected chi connectivity index (χ0v) is 8.35. The molecular formula is C12H13F3. The van der Waals surface area contributed by atoms with Crippen LogP contribution in [0.25, 0.3) is 0 Å². The molecule has 0 unspecified atom stereocenters. The zero-order chi connectivity index (χ0) is 10.9. The van der Waals surface area contributed by atoms with Crippen molar-refractivity contribution in [2.45, 2.75) is 37.8 Å². The van der Waals surface area contributed by atoms with Crippen molar-refractivity contribution in [3.63, 3.8) is 0 Å². The fraction of sp³-hybridized carbons (Fsp3) is 0.500. The molecule has 1 saturated carbocycles. The lowest BCUT2D eigenvalue weighted by atomic mass is 9.97. The van der Waals surface area contributed by atoms with Crippen LogP contribution in [0.1, 0.15) is 42.7 Å². The summed E-state index contributed by atoms with van der Waals surface area (Å²) in [5, 5.41) is 0. The third kappa shape index (κ3) is 2.33. The summed E-state index contributed by atoms with van der Waals surface area (Å²) in [6, 6.07) is 5.62. The molecule has 1 fully saturated rings. The summed E-state index contributed by atoms with van der Waals surface area (Å²) in [5.74, 6) is 0.479. The molecule has 1 aliphatic rings. The molecule has 0 aliphatic heterocycles. The van der Waals surface area contributed by atoms with E-state index >= 15 is 0 Å². The lowest BCUT2D eigenvalue weighted by Gasteiger charge is -2.11. The molecule has 0 saturated heterocycles. The van der Waals surface area contributed by atoms with Crippen LogP contribution in [0.2, 0.25) is 0 Å². The molecule has 0 bridgehead atoms. The third-order valence-electron chi connectivity index (χ3n) is 3.06. The van der Waals surface area contributed by atoms with Gasteiger partial charge in [-0.2, -0.15) is 13.2 Å². The van der Waals surface area contributed by atoms with E-state index in [0.29, 0.717) is 5.92 Å². The van der Waals surface area contributed by atoms with Gasteiger partial charge in [0, 0.05) is 0 Å². The van der Waals surface area contributed by atoms with E-state index < -0.39 is 11.7 Å². The fourth-order valence-electron chi connectivity index (χ4n) is 2.20. The summed E-state index contributed by atoms with van der Waals surface area (Å²) in [7, 11) is 0. The maximum Gasteiger partial charge on any atom is 0.416 e. The van der Waals surface area contributed by atoms with Gasteiger partial charge in [0.1, 0.15) is 0 Å². The summed E-state index contributed by atoms with van der Waals surface area (Å²) in [6.45, 7) is 0. The van der Waals surface area contributed by atoms with Crippen LogP contribution in [0.5, 0.6) is 0 Å². The summed E-state index contributed by atoms with van der Waals surface area (Å²) >= 11 is 0. The summed E-state index contributed by atoms with van der Waals surface area (Å²) in [4.78, 5) is 0. The van der Waals surface area contributed by atoms with Crippen molar-refractivity contribution in [3.05, 3.63) is 35.4 Å². The van der Waals surface area contributed by atoms with Crippen LogP contribution in [0, 0.1) is 0 Å². The van der Waals surface area contributed by atoms with Crippen LogP contribution in [0.15, 0.2) is 24.3 Å². The standard InChI is InChI=1S/C12H13F3/c13-12(14,15)11-7-5-10(6-8-11)9-3-1-2-4-9/h5-9H,1-4H2. The molecule has 0 nitrogen and oxygen atoms in total. The highest BCUT2D eigenvalue weighted by Crippen LogP contribution is 2.35. The first-order valence-electron chi connectivity index (χ1n) is 5.24. The minimum Gasteiger partial charge on any atom is -0.166 e. The first-order chi connectivity index (χ1) is 7.07. The predicted molar refractivity (Wildman–Crippen MR) is 52.7 cm³/mol. The van der Waals surface area contributed by atoms with Crippen LogP contribution in [-0.2, 0) is 6.18 Å². The van der Waals surface area contributed by atoms with Crippen molar-refractivity contribution in [2.24, 2.45) is 0 Å². The van der Waals surface area contributed by atoms with E-state index in [9.17, 15) is 13.2 Å². The van der Waals surface area contributed by atoms with Crippen LogP contribution in [0.4, 0.5) is 13.2 Å². The molecule has 0 radical (unpaired) electrons. The van der Waals surface area contributed by atoms with Crippen LogP contribution in [0.3, 0.4) is 0 Å².